The van der Waals surface area contributed by atoms with E-state index in [1.807, 2.05) is 39.0 Å². The Bertz CT molecular complexity index is 1570. The van der Waals surface area contributed by atoms with Gasteiger partial charge in [-0.15, -0.1) is 0 Å². The van der Waals surface area contributed by atoms with Gasteiger partial charge in [0.15, 0.2) is 11.5 Å². The van der Waals surface area contributed by atoms with Crippen molar-refractivity contribution < 1.29 is 47.6 Å². The quantitative estimate of drug-likeness (QED) is 0.0733. The van der Waals surface area contributed by atoms with Gasteiger partial charge in [-0.3, -0.25) is 14.5 Å². The highest BCUT2D eigenvalue weighted by Gasteiger charge is 2.43. The molecule has 5 atom stereocenters. The smallest absolute Gasteiger partial charge is 0.415 e. The number of amides is 3. The highest BCUT2D eigenvalue weighted by Crippen LogP contribution is 2.35. The van der Waals surface area contributed by atoms with E-state index in [0.717, 1.165) is 11.1 Å². The minimum atomic E-state index is -1.23. The number of allylic oxidation sites excluding steroid dienone is 1. The molecule has 1 aliphatic heterocycles. The van der Waals surface area contributed by atoms with E-state index in [0.29, 0.717) is 44.0 Å². The summed E-state index contributed by atoms with van der Waals surface area (Å²) in [5.41, 5.74) is 6.54. The molecule has 54 heavy (non-hydrogen) atoms. The lowest BCUT2D eigenvalue weighted by Crippen LogP contribution is -2.47. The molecule has 1 aromatic heterocycles. The van der Waals surface area contributed by atoms with Crippen molar-refractivity contribution in [2.45, 2.75) is 85.7 Å². The molecule has 0 bridgehead atoms. The molecule has 1 saturated heterocycles. The summed E-state index contributed by atoms with van der Waals surface area (Å²) in [6.45, 7) is 15.9. The Labute approximate surface area is 319 Å². The van der Waals surface area contributed by atoms with E-state index in [9.17, 15) is 19.2 Å². The second-order valence-corrected chi connectivity index (χ2v) is 14.7. The Morgan fingerprint density at radius 1 is 1.06 bits per heavy atom. The Hall–Kier alpha value is -4.69. The number of hydrogen-bond acceptors (Lipinski definition) is 11. The lowest BCUT2D eigenvalue weighted by molar-refractivity contribution is -0.130. The summed E-state index contributed by atoms with van der Waals surface area (Å²) in [4.78, 5) is 57.3. The largest absolute Gasteiger partial charge is 0.493 e. The van der Waals surface area contributed by atoms with Crippen LogP contribution in [0.4, 0.5) is 4.79 Å². The van der Waals surface area contributed by atoms with Gasteiger partial charge in [-0.05, 0) is 81.7 Å². The highest BCUT2D eigenvalue weighted by atomic mass is 16.7. The van der Waals surface area contributed by atoms with Crippen LogP contribution in [0.5, 0.6) is 11.5 Å². The standard InChI is InChI=1S/C40H58N4O10/c1-25(2)29(19-28-14-15-33(50-9)35(20-28)51-18-12-17-49-8)21-32-34(22-30(26(3)4)36(45)43-23-40(6,7)38(41)47)52-24-44(32)39(48)54-27(5)53-37(46)31-13-10-11-16-42-31/h10-11,13-16,20,26-27,29-30,32,34H,1,12,17-19,21-24H2,2-9H3,(H2,41,47)(H,43,45). The fourth-order valence-corrected chi connectivity index (χ4v) is 6.04. The van der Waals surface area contributed by atoms with Gasteiger partial charge in [0.1, 0.15) is 12.4 Å². The third-order valence-electron chi connectivity index (χ3n) is 9.59. The van der Waals surface area contributed by atoms with Crippen LogP contribution in [0.2, 0.25) is 0 Å². The average Bonchev–Trinajstić information content (AvgIpc) is 3.53. The molecule has 2 heterocycles. The lowest BCUT2D eigenvalue weighted by Gasteiger charge is -2.32. The Morgan fingerprint density at radius 3 is 2.41 bits per heavy atom. The minimum absolute atomic E-state index is 0.0740. The summed E-state index contributed by atoms with van der Waals surface area (Å²) in [5.74, 6) is -1.04. The van der Waals surface area contributed by atoms with E-state index in [2.05, 4.69) is 16.9 Å². The van der Waals surface area contributed by atoms with Crippen LogP contribution >= 0.6 is 0 Å². The number of nitrogens with one attached hydrogen (secondary N) is 1. The van der Waals surface area contributed by atoms with Gasteiger partial charge in [-0.25, -0.2) is 14.6 Å². The maximum absolute atomic E-state index is 13.8. The van der Waals surface area contributed by atoms with Crippen LogP contribution in [0, 0.1) is 23.2 Å². The molecule has 3 amide bonds. The molecule has 1 fully saturated rings. The zero-order valence-electron chi connectivity index (χ0n) is 32.9. The number of carbonyl (C=O) groups excluding carboxylic acids is 4. The topological polar surface area (TPSA) is 178 Å². The number of benzene rings is 1. The lowest BCUT2D eigenvalue weighted by atomic mass is 9.82. The van der Waals surface area contributed by atoms with E-state index >= 15 is 0 Å². The van der Waals surface area contributed by atoms with Gasteiger partial charge in [0.05, 0.1) is 31.3 Å². The van der Waals surface area contributed by atoms with Gasteiger partial charge in [0.2, 0.25) is 18.1 Å². The monoisotopic (exact) mass is 754 g/mol. The maximum Gasteiger partial charge on any atom is 0.415 e. The second kappa shape index (κ2) is 20.7. The fraction of sp³-hybridized carbons (Fsp3) is 0.575. The van der Waals surface area contributed by atoms with E-state index in [1.54, 1.807) is 40.2 Å². The molecule has 1 aromatic carbocycles. The number of primary amides is 1. The molecule has 298 valence electrons. The van der Waals surface area contributed by atoms with Crippen molar-refractivity contribution in [3.05, 3.63) is 66.0 Å². The second-order valence-electron chi connectivity index (χ2n) is 14.7. The summed E-state index contributed by atoms with van der Waals surface area (Å²) < 4.78 is 33.9. The molecular weight excluding hydrogens is 696 g/mol. The van der Waals surface area contributed by atoms with Crippen LogP contribution in [0.3, 0.4) is 0 Å². The molecule has 3 rings (SSSR count). The van der Waals surface area contributed by atoms with Crippen LogP contribution < -0.4 is 20.5 Å². The molecule has 2 aromatic rings. The van der Waals surface area contributed by atoms with Gasteiger partial charge >= 0.3 is 12.1 Å². The van der Waals surface area contributed by atoms with Crippen LogP contribution in [0.1, 0.15) is 76.9 Å². The number of methoxy groups -OCH3 is 2. The predicted octanol–water partition coefficient (Wildman–Crippen LogP) is 5.29. The minimum Gasteiger partial charge on any atom is -0.493 e. The molecular formula is C40H58N4O10. The number of hydrogen-bond donors (Lipinski definition) is 2. The summed E-state index contributed by atoms with van der Waals surface area (Å²) >= 11 is 0. The number of aromatic nitrogens is 1. The fourth-order valence-electron chi connectivity index (χ4n) is 6.04. The van der Waals surface area contributed by atoms with Gasteiger partial charge in [-0.1, -0.05) is 38.1 Å². The number of ether oxygens (including phenoxy) is 6. The normalized spacial score (nSPS) is 17.3. The first-order chi connectivity index (χ1) is 25.6. The van der Waals surface area contributed by atoms with Crippen molar-refractivity contribution in [3.8, 4) is 11.5 Å². The van der Waals surface area contributed by atoms with Crippen molar-refractivity contribution in [2.24, 2.45) is 28.9 Å². The first-order valence-electron chi connectivity index (χ1n) is 18.3. The number of nitrogens with two attached hydrogens (primary N) is 1. The van der Waals surface area contributed by atoms with Crippen LogP contribution in [0.25, 0.3) is 0 Å². The molecule has 0 radical (unpaired) electrons. The number of rotatable bonds is 21. The average molecular weight is 755 g/mol. The zero-order chi connectivity index (χ0) is 40.0. The van der Waals surface area contributed by atoms with E-state index < -0.39 is 47.7 Å². The predicted molar refractivity (Wildman–Crippen MR) is 201 cm³/mol. The zero-order valence-corrected chi connectivity index (χ0v) is 32.9. The molecule has 5 unspecified atom stereocenters. The summed E-state index contributed by atoms with van der Waals surface area (Å²) in [5, 5.41) is 2.90. The van der Waals surface area contributed by atoms with Gasteiger partial charge in [-0.2, -0.15) is 0 Å². The Balaban J connectivity index is 1.87. The van der Waals surface area contributed by atoms with Crippen molar-refractivity contribution in [1.29, 1.82) is 0 Å². The van der Waals surface area contributed by atoms with E-state index in [4.69, 9.17) is 34.2 Å². The Morgan fingerprint density at radius 2 is 1.80 bits per heavy atom. The molecule has 0 saturated carbocycles. The van der Waals surface area contributed by atoms with Crippen LogP contribution in [0.15, 0.2) is 54.7 Å². The summed E-state index contributed by atoms with van der Waals surface area (Å²) in [6, 6.07) is 10.0. The van der Waals surface area contributed by atoms with Gasteiger partial charge < -0.3 is 39.5 Å². The van der Waals surface area contributed by atoms with Crippen molar-refractivity contribution in [1.82, 2.24) is 15.2 Å². The summed E-state index contributed by atoms with van der Waals surface area (Å²) in [7, 11) is 3.23. The third kappa shape index (κ3) is 12.7. The first-order valence-corrected chi connectivity index (χ1v) is 18.3. The van der Waals surface area contributed by atoms with E-state index in [1.165, 1.54) is 24.1 Å². The first kappa shape index (κ1) is 43.7. The molecule has 14 heteroatoms. The highest BCUT2D eigenvalue weighted by molar-refractivity contribution is 5.87. The number of nitrogens with zero attached hydrogens (tertiary/aromatic N) is 2. The third-order valence-corrected chi connectivity index (χ3v) is 9.59. The van der Waals surface area contributed by atoms with E-state index in [-0.39, 0.29) is 43.1 Å². The van der Waals surface area contributed by atoms with Crippen LogP contribution in [-0.4, -0.2) is 92.9 Å². The van der Waals surface area contributed by atoms with Gasteiger partial charge in [0.25, 0.3) is 0 Å². The van der Waals surface area contributed by atoms with Gasteiger partial charge in [0, 0.05) is 45.7 Å². The number of pyridine rings is 1. The van der Waals surface area contributed by atoms with Crippen molar-refractivity contribution >= 4 is 23.9 Å². The number of carbonyl (C=O) groups is 4. The molecule has 3 N–H and O–H groups in total. The summed E-state index contributed by atoms with van der Waals surface area (Å²) in [6.07, 6.45) is 0.911. The SMILES string of the molecule is C=C(C)C(Cc1ccc(OC)c(OCCCOC)c1)CC1C(CC(C(=O)NCC(C)(C)C(N)=O)C(C)C)OCN1C(=O)OC(C)OC(=O)c1ccccn1. The number of esters is 1. The maximum atomic E-state index is 13.8. The molecule has 14 nitrogen and oxygen atoms in total. The van der Waals surface area contributed by atoms with Crippen molar-refractivity contribution in [3.63, 3.8) is 0 Å². The van der Waals surface area contributed by atoms with Crippen LogP contribution in [-0.2, 0) is 35.0 Å². The molecule has 0 spiro atoms. The molecule has 1 aliphatic rings. The Kier molecular flexibility index (Phi) is 16.7. The molecule has 0 aliphatic carbocycles. The van der Waals surface area contributed by atoms with Crippen molar-refractivity contribution in [2.75, 3.05) is 40.7 Å².